The van der Waals surface area contributed by atoms with E-state index in [4.69, 9.17) is 0 Å². The Balaban J connectivity index is 1.39. The number of rotatable bonds is 5. The fourth-order valence-electron chi connectivity index (χ4n) is 3.86. The largest absolute Gasteiger partial charge is 0.310 e. The van der Waals surface area contributed by atoms with E-state index in [0.29, 0.717) is 6.04 Å². The molecule has 1 aromatic heterocycles. The fourth-order valence-corrected chi connectivity index (χ4v) is 3.86. The molecule has 1 aromatic rings. The molecule has 0 unspecified atom stereocenters. The van der Waals surface area contributed by atoms with Crippen LogP contribution in [0.15, 0.2) is 12.4 Å². The monoisotopic (exact) mass is 290 g/mol. The molecule has 0 atom stereocenters. The maximum absolute atomic E-state index is 4.34. The Morgan fingerprint density at radius 3 is 2.57 bits per heavy atom. The summed E-state index contributed by atoms with van der Waals surface area (Å²) in [6.45, 7) is 6.75. The standard InChI is InChI=1S/C17H30N4/c1-2-21-14-15(13-19-21)12-18-16-6-8-17(9-7-16)20-10-4-3-5-11-20/h13-14,16-18H,2-12H2,1H3. The number of aromatic nitrogens is 2. The molecule has 21 heavy (non-hydrogen) atoms. The zero-order valence-corrected chi connectivity index (χ0v) is 13.4. The molecule has 1 saturated heterocycles. The van der Waals surface area contributed by atoms with Crippen molar-refractivity contribution in [3.63, 3.8) is 0 Å². The Morgan fingerprint density at radius 1 is 1.14 bits per heavy atom. The lowest BCUT2D eigenvalue weighted by molar-refractivity contribution is 0.120. The molecule has 1 N–H and O–H groups in total. The van der Waals surface area contributed by atoms with Gasteiger partial charge in [0.1, 0.15) is 0 Å². The van der Waals surface area contributed by atoms with Crippen molar-refractivity contribution < 1.29 is 0 Å². The van der Waals surface area contributed by atoms with Crippen molar-refractivity contribution in [3.05, 3.63) is 18.0 Å². The Hall–Kier alpha value is -0.870. The summed E-state index contributed by atoms with van der Waals surface area (Å²) in [5.74, 6) is 0. The van der Waals surface area contributed by atoms with Crippen molar-refractivity contribution in [2.24, 2.45) is 0 Å². The van der Waals surface area contributed by atoms with Gasteiger partial charge in [-0.2, -0.15) is 5.10 Å². The van der Waals surface area contributed by atoms with E-state index in [1.165, 1.54) is 63.6 Å². The van der Waals surface area contributed by atoms with Crippen LogP contribution in [0.2, 0.25) is 0 Å². The third kappa shape index (κ3) is 4.07. The minimum atomic E-state index is 0.705. The maximum atomic E-state index is 4.34. The van der Waals surface area contributed by atoms with Crippen LogP contribution in [0.5, 0.6) is 0 Å². The van der Waals surface area contributed by atoms with Gasteiger partial charge in [-0.05, 0) is 58.5 Å². The topological polar surface area (TPSA) is 33.1 Å². The number of aryl methyl sites for hydroxylation is 1. The minimum Gasteiger partial charge on any atom is -0.310 e. The molecular formula is C17H30N4. The number of nitrogens with one attached hydrogen (secondary N) is 1. The molecule has 3 rings (SSSR count). The third-order valence-electron chi connectivity index (χ3n) is 5.21. The fraction of sp³-hybridized carbons (Fsp3) is 0.824. The van der Waals surface area contributed by atoms with E-state index >= 15 is 0 Å². The summed E-state index contributed by atoms with van der Waals surface area (Å²) in [5, 5.41) is 8.07. The highest BCUT2D eigenvalue weighted by Crippen LogP contribution is 2.25. The molecule has 1 saturated carbocycles. The third-order valence-corrected chi connectivity index (χ3v) is 5.21. The van der Waals surface area contributed by atoms with Crippen molar-refractivity contribution in [1.29, 1.82) is 0 Å². The summed E-state index contributed by atoms with van der Waals surface area (Å²) in [4.78, 5) is 2.75. The van der Waals surface area contributed by atoms with Crippen molar-refractivity contribution in [2.75, 3.05) is 13.1 Å². The molecule has 0 spiro atoms. The van der Waals surface area contributed by atoms with Gasteiger partial charge in [-0.25, -0.2) is 0 Å². The average Bonchev–Trinajstić information content (AvgIpc) is 3.02. The van der Waals surface area contributed by atoms with Crippen LogP contribution < -0.4 is 5.32 Å². The summed E-state index contributed by atoms with van der Waals surface area (Å²) < 4.78 is 2.00. The van der Waals surface area contributed by atoms with Crippen molar-refractivity contribution in [2.45, 2.75) is 77.0 Å². The van der Waals surface area contributed by atoms with Gasteiger partial charge in [-0.1, -0.05) is 6.42 Å². The lowest BCUT2D eigenvalue weighted by Gasteiger charge is -2.39. The molecule has 0 radical (unpaired) electrons. The number of likely N-dealkylation sites (tertiary alicyclic amines) is 1. The van der Waals surface area contributed by atoms with E-state index < -0.39 is 0 Å². The molecule has 2 heterocycles. The zero-order valence-electron chi connectivity index (χ0n) is 13.4. The first kappa shape index (κ1) is 15.0. The van der Waals surface area contributed by atoms with Gasteiger partial charge in [0.25, 0.3) is 0 Å². The van der Waals surface area contributed by atoms with Gasteiger partial charge in [-0.15, -0.1) is 0 Å². The Labute approximate surface area is 128 Å². The first-order valence-electron chi connectivity index (χ1n) is 8.84. The molecule has 118 valence electrons. The van der Waals surface area contributed by atoms with Gasteiger partial charge in [0.15, 0.2) is 0 Å². The first-order chi connectivity index (χ1) is 10.3. The van der Waals surface area contributed by atoms with E-state index in [0.717, 1.165) is 19.1 Å². The lowest BCUT2D eigenvalue weighted by atomic mass is 9.89. The van der Waals surface area contributed by atoms with Crippen LogP contribution in [0.4, 0.5) is 0 Å². The summed E-state index contributed by atoms with van der Waals surface area (Å²) in [5.41, 5.74) is 1.31. The van der Waals surface area contributed by atoms with Gasteiger partial charge in [0.2, 0.25) is 0 Å². The van der Waals surface area contributed by atoms with Crippen LogP contribution in [0.25, 0.3) is 0 Å². The lowest BCUT2D eigenvalue weighted by Crippen LogP contribution is -2.44. The van der Waals surface area contributed by atoms with E-state index in [1.54, 1.807) is 0 Å². The number of piperidine rings is 1. The van der Waals surface area contributed by atoms with Crippen LogP contribution >= 0.6 is 0 Å². The molecule has 2 aliphatic rings. The van der Waals surface area contributed by atoms with Crippen LogP contribution in [0.3, 0.4) is 0 Å². The van der Waals surface area contributed by atoms with Crippen LogP contribution in [0, 0.1) is 0 Å². The van der Waals surface area contributed by atoms with Gasteiger partial charge in [0, 0.05) is 36.9 Å². The highest BCUT2D eigenvalue weighted by Gasteiger charge is 2.26. The molecule has 1 aliphatic heterocycles. The molecule has 1 aliphatic carbocycles. The van der Waals surface area contributed by atoms with E-state index in [2.05, 4.69) is 28.4 Å². The van der Waals surface area contributed by atoms with E-state index in [1.807, 2.05) is 10.9 Å². The number of nitrogens with zero attached hydrogens (tertiary/aromatic N) is 3. The Morgan fingerprint density at radius 2 is 1.90 bits per heavy atom. The maximum Gasteiger partial charge on any atom is 0.0534 e. The van der Waals surface area contributed by atoms with Gasteiger partial charge in [0.05, 0.1) is 6.20 Å². The molecule has 2 fully saturated rings. The zero-order chi connectivity index (χ0) is 14.5. The van der Waals surface area contributed by atoms with E-state index in [9.17, 15) is 0 Å². The molecule has 4 heteroatoms. The second kappa shape index (κ2) is 7.41. The number of hydrogen-bond donors (Lipinski definition) is 1. The number of hydrogen-bond acceptors (Lipinski definition) is 3. The van der Waals surface area contributed by atoms with Crippen molar-refractivity contribution in [3.8, 4) is 0 Å². The molecular weight excluding hydrogens is 260 g/mol. The SMILES string of the molecule is CCn1cc(CNC2CCC(N3CCCCC3)CC2)cn1. The van der Waals surface area contributed by atoms with Crippen LogP contribution in [-0.4, -0.2) is 39.9 Å². The molecule has 4 nitrogen and oxygen atoms in total. The predicted octanol–water partition coefficient (Wildman–Crippen LogP) is 2.79. The molecule has 0 aromatic carbocycles. The molecule has 0 bridgehead atoms. The normalized spacial score (nSPS) is 27.9. The smallest absolute Gasteiger partial charge is 0.0534 e. The van der Waals surface area contributed by atoms with Crippen LogP contribution in [-0.2, 0) is 13.1 Å². The van der Waals surface area contributed by atoms with E-state index in [-0.39, 0.29) is 0 Å². The van der Waals surface area contributed by atoms with Gasteiger partial charge < -0.3 is 10.2 Å². The summed E-state index contributed by atoms with van der Waals surface area (Å²) >= 11 is 0. The first-order valence-corrected chi connectivity index (χ1v) is 8.84. The Bertz CT molecular complexity index is 414. The van der Waals surface area contributed by atoms with Crippen molar-refractivity contribution >= 4 is 0 Å². The molecule has 0 amide bonds. The summed E-state index contributed by atoms with van der Waals surface area (Å²) in [6.07, 6.45) is 13.9. The minimum absolute atomic E-state index is 0.705. The highest BCUT2D eigenvalue weighted by atomic mass is 15.3. The average molecular weight is 290 g/mol. The highest BCUT2D eigenvalue weighted by molar-refractivity contribution is 5.03. The van der Waals surface area contributed by atoms with Crippen LogP contribution in [0.1, 0.15) is 57.4 Å². The summed E-state index contributed by atoms with van der Waals surface area (Å²) in [7, 11) is 0. The second-order valence-corrected chi connectivity index (χ2v) is 6.69. The predicted molar refractivity (Wildman–Crippen MR) is 86.2 cm³/mol. The van der Waals surface area contributed by atoms with Crippen molar-refractivity contribution in [1.82, 2.24) is 20.0 Å². The quantitative estimate of drug-likeness (QED) is 0.905. The second-order valence-electron chi connectivity index (χ2n) is 6.69. The Kier molecular flexibility index (Phi) is 5.31. The van der Waals surface area contributed by atoms with Gasteiger partial charge >= 0.3 is 0 Å². The summed E-state index contributed by atoms with van der Waals surface area (Å²) in [6, 6.07) is 1.57. The van der Waals surface area contributed by atoms with Gasteiger partial charge in [-0.3, -0.25) is 4.68 Å².